The largest absolute Gasteiger partial charge is 0.342 e. The summed E-state index contributed by atoms with van der Waals surface area (Å²) in [4.78, 5) is 25.7. The van der Waals surface area contributed by atoms with Crippen LogP contribution >= 0.6 is 0 Å². The Hall–Kier alpha value is -1.50. The fraction of sp³-hybridized carbons (Fsp3) is 0.714. The second-order valence-corrected chi connectivity index (χ2v) is 5.80. The van der Waals surface area contributed by atoms with Crippen molar-refractivity contribution in [3.8, 4) is 12.3 Å². The Morgan fingerprint density at radius 1 is 1.50 bits per heavy atom. The monoisotopic (exact) mass is 250 g/mol. The normalized spacial score (nSPS) is 22.4. The summed E-state index contributed by atoms with van der Waals surface area (Å²) in [5.41, 5.74) is -0.309. The molecule has 2 amide bonds. The molecule has 4 nitrogen and oxygen atoms in total. The van der Waals surface area contributed by atoms with Gasteiger partial charge in [0.15, 0.2) is 0 Å². The van der Waals surface area contributed by atoms with Crippen molar-refractivity contribution < 1.29 is 9.59 Å². The average molecular weight is 250 g/mol. The van der Waals surface area contributed by atoms with Gasteiger partial charge in [0.1, 0.15) is 12.6 Å². The molecular weight excluding hydrogens is 228 g/mol. The Morgan fingerprint density at radius 2 is 2.11 bits per heavy atom. The maximum atomic E-state index is 12.4. The third kappa shape index (κ3) is 3.04. The molecule has 0 aromatic carbocycles. The molecule has 1 aliphatic heterocycles. The fourth-order valence-electron chi connectivity index (χ4n) is 2.12. The van der Waals surface area contributed by atoms with E-state index in [0.717, 1.165) is 12.8 Å². The summed E-state index contributed by atoms with van der Waals surface area (Å²) in [6.45, 7) is 7.89. The third-order valence-corrected chi connectivity index (χ3v) is 3.15. The number of terminal acetylenes is 1. The van der Waals surface area contributed by atoms with E-state index >= 15 is 0 Å². The van der Waals surface area contributed by atoms with Gasteiger partial charge in [0.25, 0.3) is 0 Å². The lowest BCUT2D eigenvalue weighted by Gasteiger charge is -2.40. The van der Waals surface area contributed by atoms with Crippen LogP contribution in [0.15, 0.2) is 0 Å². The molecule has 2 atom stereocenters. The molecule has 0 spiro atoms. The predicted molar refractivity (Wildman–Crippen MR) is 70.6 cm³/mol. The van der Waals surface area contributed by atoms with Crippen molar-refractivity contribution >= 4 is 11.8 Å². The molecule has 1 fully saturated rings. The van der Waals surface area contributed by atoms with Crippen LogP contribution in [0.25, 0.3) is 0 Å². The van der Waals surface area contributed by atoms with Crippen LogP contribution in [0.5, 0.6) is 0 Å². The number of hydrogen-bond donors (Lipinski definition) is 1. The number of nitrogens with one attached hydrogen (secondary N) is 1. The molecule has 2 unspecified atom stereocenters. The molecular formula is C14H22N2O2. The maximum absolute atomic E-state index is 12.4. The van der Waals surface area contributed by atoms with E-state index in [1.807, 2.05) is 27.7 Å². The molecule has 18 heavy (non-hydrogen) atoms. The summed E-state index contributed by atoms with van der Waals surface area (Å²) in [6.07, 6.45) is 7.09. The topological polar surface area (TPSA) is 49.4 Å². The van der Waals surface area contributed by atoms with Crippen molar-refractivity contribution in [3.63, 3.8) is 0 Å². The highest BCUT2D eigenvalue weighted by Crippen LogP contribution is 2.24. The predicted octanol–water partition coefficient (Wildman–Crippen LogP) is 1.16. The fourth-order valence-corrected chi connectivity index (χ4v) is 2.12. The van der Waals surface area contributed by atoms with E-state index in [2.05, 4.69) is 11.2 Å². The van der Waals surface area contributed by atoms with Gasteiger partial charge < -0.3 is 10.2 Å². The van der Waals surface area contributed by atoms with Gasteiger partial charge in [-0.05, 0) is 11.8 Å². The molecule has 0 aliphatic carbocycles. The number of amides is 2. The summed E-state index contributed by atoms with van der Waals surface area (Å²) < 4.78 is 0. The van der Waals surface area contributed by atoms with Crippen molar-refractivity contribution in [2.45, 2.75) is 52.6 Å². The summed E-state index contributed by atoms with van der Waals surface area (Å²) in [7, 11) is 0. The van der Waals surface area contributed by atoms with E-state index in [1.54, 1.807) is 0 Å². The highest BCUT2D eigenvalue weighted by atomic mass is 16.2. The lowest BCUT2D eigenvalue weighted by Crippen LogP contribution is -2.64. The van der Waals surface area contributed by atoms with E-state index in [1.165, 1.54) is 4.90 Å². The number of hydrogen-bond acceptors (Lipinski definition) is 2. The van der Waals surface area contributed by atoms with E-state index in [-0.39, 0.29) is 29.8 Å². The summed E-state index contributed by atoms with van der Waals surface area (Å²) >= 11 is 0. The second kappa shape index (κ2) is 5.43. The molecule has 0 saturated carbocycles. The highest BCUT2D eigenvalue weighted by Gasteiger charge is 2.41. The van der Waals surface area contributed by atoms with Crippen molar-refractivity contribution in [3.05, 3.63) is 0 Å². The number of carbonyl (C=O) groups is 2. The molecule has 1 heterocycles. The minimum Gasteiger partial charge on any atom is -0.342 e. The van der Waals surface area contributed by atoms with E-state index < -0.39 is 6.04 Å². The first-order valence-corrected chi connectivity index (χ1v) is 6.37. The van der Waals surface area contributed by atoms with Gasteiger partial charge in [-0.25, -0.2) is 0 Å². The van der Waals surface area contributed by atoms with Gasteiger partial charge in [-0.2, -0.15) is 0 Å². The van der Waals surface area contributed by atoms with Crippen molar-refractivity contribution in [1.82, 2.24) is 10.2 Å². The zero-order chi connectivity index (χ0) is 13.9. The quantitative estimate of drug-likeness (QED) is 0.764. The Morgan fingerprint density at radius 3 is 2.56 bits per heavy atom. The van der Waals surface area contributed by atoms with Crippen LogP contribution in [0.2, 0.25) is 0 Å². The van der Waals surface area contributed by atoms with Crippen molar-refractivity contribution in [2.75, 3.05) is 6.54 Å². The first kappa shape index (κ1) is 14.6. The lowest BCUT2D eigenvalue weighted by atomic mass is 9.84. The van der Waals surface area contributed by atoms with E-state index in [9.17, 15) is 9.59 Å². The lowest BCUT2D eigenvalue weighted by molar-refractivity contribution is -0.148. The summed E-state index contributed by atoms with van der Waals surface area (Å²) in [5.74, 6) is 2.42. The van der Waals surface area contributed by atoms with Crippen LogP contribution in [0.3, 0.4) is 0 Å². The molecule has 0 radical (unpaired) electrons. The third-order valence-electron chi connectivity index (χ3n) is 3.15. The van der Waals surface area contributed by atoms with E-state index in [4.69, 9.17) is 6.42 Å². The molecule has 100 valence electrons. The summed E-state index contributed by atoms with van der Waals surface area (Å²) in [5, 5.41) is 2.76. The zero-order valence-corrected chi connectivity index (χ0v) is 11.6. The van der Waals surface area contributed by atoms with Crippen LogP contribution in [-0.4, -0.2) is 35.3 Å². The number of piperazine rings is 1. The Kier molecular flexibility index (Phi) is 4.39. The minimum absolute atomic E-state index is 0.0697. The SMILES string of the molecule is C#CC(CCC)N1CC(=O)NC(C(C)(C)C)C1=O. The zero-order valence-electron chi connectivity index (χ0n) is 11.6. The first-order valence-electron chi connectivity index (χ1n) is 6.37. The van der Waals surface area contributed by atoms with Gasteiger partial charge in [-0.1, -0.05) is 40.0 Å². The van der Waals surface area contributed by atoms with Gasteiger partial charge in [0.05, 0.1) is 6.04 Å². The molecule has 4 heteroatoms. The molecule has 0 bridgehead atoms. The first-order chi connectivity index (χ1) is 8.31. The Labute approximate surface area is 109 Å². The van der Waals surface area contributed by atoms with Gasteiger partial charge in [-0.15, -0.1) is 6.42 Å². The molecule has 0 aromatic heterocycles. The van der Waals surface area contributed by atoms with Crippen LogP contribution < -0.4 is 5.32 Å². The molecule has 0 aromatic rings. The summed E-state index contributed by atoms with van der Waals surface area (Å²) in [6, 6.07) is -0.773. The Bertz CT molecular complexity index is 376. The van der Waals surface area contributed by atoms with Crippen molar-refractivity contribution in [2.24, 2.45) is 5.41 Å². The number of rotatable bonds is 3. The van der Waals surface area contributed by atoms with Gasteiger partial charge in [0, 0.05) is 0 Å². The van der Waals surface area contributed by atoms with Crippen LogP contribution in [0, 0.1) is 17.8 Å². The molecule has 1 rings (SSSR count). The van der Waals surface area contributed by atoms with Gasteiger partial charge >= 0.3 is 0 Å². The van der Waals surface area contributed by atoms with Crippen LogP contribution in [0.1, 0.15) is 40.5 Å². The average Bonchev–Trinajstić information content (AvgIpc) is 2.27. The van der Waals surface area contributed by atoms with Crippen LogP contribution in [0.4, 0.5) is 0 Å². The Balaban J connectivity index is 2.96. The molecule has 1 saturated heterocycles. The van der Waals surface area contributed by atoms with E-state index in [0.29, 0.717) is 0 Å². The minimum atomic E-state index is -0.494. The smallest absolute Gasteiger partial charge is 0.247 e. The molecule has 1 N–H and O–H groups in total. The standard InChI is InChI=1S/C14H22N2O2/c1-6-8-10(7-2)16-9-11(17)15-12(13(16)18)14(3,4)5/h2,10,12H,6,8-9H2,1,3-5H3,(H,15,17). The van der Waals surface area contributed by atoms with Gasteiger partial charge in [-0.3, -0.25) is 9.59 Å². The molecule has 1 aliphatic rings. The van der Waals surface area contributed by atoms with Gasteiger partial charge in [0.2, 0.25) is 11.8 Å². The van der Waals surface area contributed by atoms with Crippen LogP contribution in [-0.2, 0) is 9.59 Å². The highest BCUT2D eigenvalue weighted by molar-refractivity contribution is 5.95. The second-order valence-electron chi connectivity index (χ2n) is 5.80. The maximum Gasteiger partial charge on any atom is 0.247 e. The number of carbonyl (C=O) groups excluding carboxylic acids is 2. The number of nitrogens with zero attached hydrogens (tertiary/aromatic N) is 1. The van der Waals surface area contributed by atoms with Crippen molar-refractivity contribution in [1.29, 1.82) is 0 Å².